The van der Waals surface area contributed by atoms with E-state index in [0.29, 0.717) is 63.4 Å². The highest BCUT2D eigenvalue weighted by molar-refractivity contribution is 6.17. The fourth-order valence-electron chi connectivity index (χ4n) is 2.31. The van der Waals surface area contributed by atoms with E-state index in [9.17, 15) is 9.59 Å². The predicted molar refractivity (Wildman–Crippen MR) is 88.0 cm³/mol. The van der Waals surface area contributed by atoms with Crippen LogP contribution in [0.3, 0.4) is 0 Å². The van der Waals surface area contributed by atoms with Crippen molar-refractivity contribution in [2.24, 2.45) is 10.2 Å². The minimum atomic E-state index is -0.746. The Bertz CT molecular complexity index is 662. The minimum Gasteiger partial charge on any atom is -0.487 e. The number of benzene rings is 1. The molecular formula is C16H19N3O7. The summed E-state index contributed by atoms with van der Waals surface area (Å²) in [6.45, 7) is 3.23. The Kier molecular flexibility index (Phi) is 6.47. The average molecular weight is 365 g/mol. The molecule has 1 aromatic carbocycles. The largest absolute Gasteiger partial charge is 0.487 e. The molecule has 0 aliphatic carbocycles. The number of carbonyl (C=O) groups excluding carboxylic acids is 2. The zero-order valence-corrected chi connectivity index (χ0v) is 14.1. The van der Waals surface area contributed by atoms with Crippen LogP contribution in [0.5, 0.6) is 11.5 Å². The molecule has 2 heterocycles. The van der Waals surface area contributed by atoms with Gasteiger partial charge in [-0.15, -0.1) is 0 Å². The molecule has 0 aromatic heterocycles. The SMILES string of the molecule is O=C1N=NC(=O)N1c1ccc2c(c1)OCCOCCOCCOCCO2. The molecule has 10 nitrogen and oxygen atoms in total. The molecule has 0 spiro atoms. The molecule has 10 heteroatoms. The van der Waals surface area contributed by atoms with Crippen LogP contribution in [0.2, 0.25) is 0 Å². The summed E-state index contributed by atoms with van der Waals surface area (Å²) in [6.07, 6.45) is 0. The Labute approximate surface area is 149 Å². The van der Waals surface area contributed by atoms with Gasteiger partial charge < -0.3 is 23.7 Å². The van der Waals surface area contributed by atoms with E-state index < -0.39 is 12.1 Å². The number of fused-ring (bicyclic) bond motifs is 1. The van der Waals surface area contributed by atoms with Crippen molar-refractivity contribution in [3.8, 4) is 11.5 Å². The van der Waals surface area contributed by atoms with Crippen LogP contribution in [-0.2, 0) is 14.2 Å². The number of nitrogens with zero attached hydrogens (tertiary/aromatic N) is 3. The van der Waals surface area contributed by atoms with E-state index >= 15 is 0 Å². The molecule has 0 atom stereocenters. The van der Waals surface area contributed by atoms with Gasteiger partial charge in [0.15, 0.2) is 11.5 Å². The van der Waals surface area contributed by atoms with Crippen LogP contribution >= 0.6 is 0 Å². The number of hydrogen-bond acceptors (Lipinski definition) is 7. The van der Waals surface area contributed by atoms with Crippen LogP contribution in [0.25, 0.3) is 0 Å². The van der Waals surface area contributed by atoms with Crippen LogP contribution in [0.1, 0.15) is 0 Å². The molecule has 0 radical (unpaired) electrons. The number of imide groups is 1. The van der Waals surface area contributed by atoms with Crippen molar-refractivity contribution in [2.45, 2.75) is 0 Å². The molecule has 4 amide bonds. The van der Waals surface area contributed by atoms with Crippen molar-refractivity contribution in [1.29, 1.82) is 0 Å². The van der Waals surface area contributed by atoms with Crippen LogP contribution < -0.4 is 14.4 Å². The van der Waals surface area contributed by atoms with Gasteiger partial charge in [0.05, 0.1) is 45.3 Å². The lowest BCUT2D eigenvalue weighted by molar-refractivity contribution is 0.00708. The number of urea groups is 2. The van der Waals surface area contributed by atoms with Gasteiger partial charge in [0.2, 0.25) is 0 Å². The first-order chi connectivity index (χ1) is 12.8. The topological polar surface area (TPSA) is 108 Å². The van der Waals surface area contributed by atoms with Gasteiger partial charge in [-0.2, -0.15) is 0 Å². The van der Waals surface area contributed by atoms with E-state index in [1.165, 1.54) is 6.07 Å². The Morgan fingerprint density at radius 2 is 1.19 bits per heavy atom. The predicted octanol–water partition coefficient (Wildman–Crippen LogP) is 2.02. The van der Waals surface area contributed by atoms with Gasteiger partial charge in [-0.05, 0) is 12.1 Å². The van der Waals surface area contributed by atoms with Crippen molar-refractivity contribution in [2.75, 3.05) is 57.8 Å². The van der Waals surface area contributed by atoms with Crippen molar-refractivity contribution in [3.05, 3.63) is 18.2 Å². The first-order valence-corrected chi connectivity index (χ1v) is 8.18. The quantitative estimate of drug-likeness (QED) is 0.749. The fourth-order valence-corrected chi connectivity index (χ4v) is 2.31. The lowest BCUT2D eigenvalue weighted by Crippen LogP contribution is -2.27. The fraction of sp³-hybridized carbons (Fsp3) is 0.500. The molecular weight excluding hydrogens is 346 g/mol. The van der Waals surface area contributed by atoms with Crippen LogP contribution in [0, 0.1) is 0 Å². The standard InChI is InChI=1S/C16H19N3O7/c20-15-17-18-16(21)19(15)12-1-2-13-14(11-12)26-10-8-24-6-4-22-3-5-23-7-9-25-13/h1-2,11H,3-10H2. The Morgan fingerprint density at radius 3 is 1.77 bits per heavy atom. The molecule has 2 aliphatic heterocycles. The molecule has 26 heavy (non-hydrogen) atoms. The number of anilines is 1. The Balaban J connectivity index is 1.73. The zero-order valence-electron chi connectivity index (χ0n) is 14.1. The second-order valence-corrected chi connectivity index (χ2v) is 5.27. The summed E-state index contributed by atoms with van der Waals surface area (Å²) >= 11 is 0. The molecule has 140 valence electrons. The van der Waals surface area contributed by atoms with E-state index in [-0.39, 0.29) is 6.61 Å². The minimum absolute atomic E-state index is 0.271. The smallest absolute Gasteiger partial charge is 0.375 e. The number of carbonyl (C=O) groups is 2. The maximum Gasteiger partial charge on any atom is 0.375 e. The molecule has 0 saturated heterocycles. The molecule has 3 rings (SSSR count). The third-order valence-electron chi connectivity index (χ3n) is 3.50. The first kappa shape index (κ1) is 18.2. The lowest BCUT2D eigenvalue weighted by Gasteiger charge is -2.16. The van der Waals surface area contributed by atoms with Crippen molar-refractivity contribution in [3.63, 3.8) is 0 Å². The second kappa shape index (κ2) is 9.22. The van der Waals surface area contributed by atoms with Crippen molar-refractivity contribution < 1.29 is 33.3 Å². The Hall–Kier alpha value is -2.56. The number of hydrogen-bond donors (Lipinski definition) is 0. The third-order valence-corrected chi connectivity index (χ3v) is 3.50. The van der Waals surface area contributed by atoms with Gasteiger partial charge in [0.1, 0.15) is 13.2 Å². The number of ether oxygens (including phenoxy) is 5. The zero-order chi connectivity index (χ0) is 18.2. The summed E-state index contributed by atoms with van der Waals surface area (Å²) in [6, 6.07) is 3.22. The van der Waals surface area contributed by atoms with Crippen LogP contribution in [0.15, 0.2) is 28.4 Å². The van der Waals surface area contributed by atoms with Crippen LogP contribution in [-0.4, -0.2) is 64.9 Å². The number of amides is 4. The van der Waals surface area contributed by atoms with Gasteiger partial charge in [-0.1, -0.05) is 10.2 Å². The second-order valence-electron chi connectivity index (χ2n) is 5.27. The molecule has 0 fully saturated rings. The molecule has 0 N–H and O–H groups in total. The highest BCUT2D eigenvalue weighted by Crippen LogP contribution is 2.33. The summed E-state index contributed by atoms with van der Waals surface area (Å²) < 4.78 is 27.5. The van der Waals surface area contributed by atoms with Gasteiger partial charge in [0, 0.05) is 6.07 Å². The van der Waals surface area contributed by atoms with Gasteiger partial charge in [-0.25, -0.2) is 14.5 Å². The van der Waals surface area contributed by atoms with Gasteiger partial charge >= 0.3 is 12.1 Å². The molecule has 0 saturated carbocycles. The van der Waals surface area contributed by atoms with Gasteiger partial charge in [-0.3, -0.25) is 0 Å². The van der Waals surface area contributed by atoms with E-state index in [1.54, 1.807) is 12.1 Å². The molecule has 2 aliphatic rings. The number of azo groups is 1. The molecule has 1 aromatic rings. The maximum atomic E-state index is 11.7. The van der Waals surface area contributed by atoms with Crippen molar-refractivity contribution >= 4 is 17.7 Å². The van der Waals surface area contributed by atoms with Gasteiger partial charge in [0.25, 0.3) is 0 Å². The monoisotopic (exact) mass is 365 g/mol. The first-order valence-electron chi connectivity index (χ1n) is 8.18. The van der Waals surface area contributed by atoms with E-state index in [1.807, 2.05) is 0 Å². The average Bonchev–Trinajstić information content (AvgIpc) is 2.97. The third kappa shape index (κ3) is 4.75. The van der Waals surface area contributed by atoms with Crippen LogP contribution in [0.4, 0.5) is 15.3 Å². The van der Waals surface area contributed by atoms with E-state index in [0.717, 1.165) is 4.90 Å². The highest BCUT2D eigenvalue weighted by Gasteiger charge is 2.29. The summed E-state index contributed by atoms with van der Waals surface area (Å²) in [5, 5.41) is 6.48. The number of rotatable bonds is 1. The summed E-state index contributed by atoms with van der Waals surface area (Å²) in [7, 11) is 0. The normalized spacial score (nSPS) is 19.9. The maximum absolute atomic E-state index is 11.7. The summed E-state index contributed by atoms with van der Waals surface area (Å²) in [5.74, 6) is 0.848. The van der Waals surface area contributed by atoms with E-state index in [2.05, 4.69) is 10.2 Å². The van der Waals surface area contributed by atoms with E-state index in [4.69, 9.17) is 23.7 Å². The lowest BCUT2D eigenvalue weighted by atomic mass is 10.2. The Morgan fingerprint density at radius 1 is 0.692 bits per heavy atom. The highest BCUT2D eigenvalue weighted by atomic mass is 16.6. The molecule has 0 unspecified atom stereocenters. The summed E-state index contributed by atoms with van der Waals surface area (Å²) in [4.78, 5) is 24.2. The summed E-state index contributed by atoms with van der Waals surface area (Å²) in [5.41, 5.74) is 0.302. The molecule has 0 bridgehead atoms. The van der Waals surface area contributed by atoms with Crippen molar-refractivity contribution in [1.82, 2.24) is 0 Å².